The normalized spacial score (nSPS) is 26.4. The molecule has 132 valence electrons. The van der Waals surface area contributed by atoms with Gasteiger partial charge >= 0.3 is 0 Å². The van der Waals surface area contributed by atoms with Gasteiger partial charge in [-0.2, -0.15) is 0 Å². The van der Waals surface area contributed by atoms with Crippen LogP contribution in [0.2, 0.25) is 0 Å². The van der Waals surface area contributed by atoms with Crippen LogP contribution in [-0.4, -0.2) is 16.8 Å². The summed E-state index contributed by atoms with van der Waals surface area (Å²) in [5, 5.41) is 1.31. The topological polar surface area (TPSA) is 58.7 Å². The van der Waals surface area contributed by atoms with E-state index in [0.29, 0.717) is 5.84 Å². The minimum atomic E-state index is -0.141. The lowest BCUT2D eigenvalue weighted by molar-refractivity contribution is -0.139. The van der Waals surface area contributed by atoms with Gasteiger partial charge in [-0.25, -0.2) is 10.9 Å². The van der Waals surface area contributed by atoms with Gasteiger partial charge in [0, 0.05) is 5.56 Å². The molecule has 1 aliphatic heterocycles. The zero-order valence-corrected chi connectivity index (χ0v) is 14.8. The molecule has 1 fully saturated rings. The number of hydrogen-bond acceptors (Lipinski definition) is 3. The molecule has 0 saturated heterocycles. The predicted molar refractivity (Wildman–Crippen MR) is 101 cm³/mol. The van der Waals surface area contributed by atoms with Crippen molar-refractivity contribution in [1.82, 2.24) is 5.01 Å². The van der Waals surface area contributed by atoms with E-state index in [2.05, 4.69) is 24.3 Å². The monoisotopic (exact) mass is 345 g/mol. The van der Waals surface area contributed by atoms with Crippen LogP contribution in [0, 0.1) is 11.3 Å². The Morgan fingerprint density at radius 1 is 1.00 bits per heavy atom. The summed E-state index contributed by atoms with van der Waals surface area (Å²) in [5.74, 6) is 6.76. The summed E-state index contributed by atoms with van der Waals surface area (Å²) in [5.41, 5.74) is 3.46. The van der Waals surface area contributed by atoms with Crippen LogP contribution in [0.1, 0.15) is 48.4 Å². The highest BCUT2D eigenvalue weighted by molar-refractivity contribution is 6.10. The fourth-order valence-electron chi connectivity index (χ4n) is 5.34. The van der Waals surface area contributed by atoms with Crippen molar-refractivity contribution >= 4 is 11.7 Å². The van der Waals surface area contributed by atoms with Gasteiger partial charge < -0.3 is 0 Å². The van der Waals surface area contributed by atoms with Gasteiger partial charge in [-0.1, -0.05) is 67.4 Å². The smallest absolute Gasteiger partial charge is 0.248 e. The minimum absolute atomic E-state index is 0.0133. The first-order valence-electron chi connectivity index (χ1n) is 9.49. The number of hydrazine groups is 1. The highest BCUT2D eigenvalue weighted by Crippen LogP contribution is 2.57. The Kier molecular flexibility index (Phi) is 3.50. The van der Waals surface area contributed by atoms with Crippen molar-refractivity contribution in [1.29, 1.82) is 0 Å². The van der Waals surface area contributed by atoms with Crippen LogP contribution in [0.5, 0.6) is 0 Å². The third-order valence-corrected chi connectivity index (χ3v) is 6.52. The molecule has 2 aliphatic carbocycles. The van der Waals surface area contributed by atoms with E-state index >= 15 is 0 Å². The molecule has 3 aliphatic rings. The molecule has 26 heavy (non-hydrogen) atoms. The molecule has 1 amide bonds. The molecule has 0 unspecified atom stereocenters. The summed E-state index contributed by atoms with van der Waals surface area (Å²) in [7, 11) is 0. The number of nitrogens with two attached hydrogens (primary N) is 1. The lowest BCUT2D eigenvalue weighted by Crippen LogP contribution is -2.56. The minimum Gasteiger partial charge on any atom is -0.273 e. The maximum Gasteiger partial charge on any atom is 0.248 e. The van der Waals surface area contributed by atoms with E-state index in [1.54, 1.807) is 0 Å². The first-order chi connectivity index (χ1) is 12.7. The van der Waals surface area contributed by atoms with Gasteiger partial charge in [0.05, 0.1) is 12.0 Å². The number of amidine groups is 1. The Morgan fingerprint density at radius 2 is 1.69 bits per heavy atom. The molecular weight excluding hydrogens is 322 g/mol. The molecule has 1 heterocycles. The van der Waals surface area contributed by atoms with Gasteiger partial charge in [0.1, 0.15) is 0 Å². The molecule has 2 atom stereocenters. The molecular formula is C22H23N3O. The number of nitrogens with zero attached hydrogens (tertiary/aromatic N) is 2. The molecule has 4 heteroatoms. The van der Waals surface area contributed by atoms with E-state index in [-0.39, 0.29) is 23.3 Å². The lowest BCUT2D eigenvalue weighted by atomic mass is 9.60. The summed E-state index contributed by atoms with van der Waals surface area (Å²) < 4.78 is 0. The molecule has 1 saturated carbocycles. The Hall–Kier alpha value is -2.46. The third-order valence-electron chi connectivity index (χ3n) is 6.52. The number of carbonyl (C=O) groups excluding carboxylic acids is 1. The second kappa shape index (κ2) is 5.78. The lowest BCUT2D eigenvalue weighted by Gasteiger charge is -2.48. The zero-order chi connectivity index (χ0) is 17.7. The average Bonchev–Trinajstić information content (AvgIpc) is 3.13. The fourth-order valence-corrected chi connectivity index (χ4v) is 5.34. The van der Waals surface area contributed by atoms with Crippen molar-refractivity contribution in [3.8, 4) is 0 Å². The average molecular weight is 345 g/mol. The van der Waals surface area contributed by atoms with Crippen molar-refractivity contribution in [2.24, 2.45) is 22.2 Å². The number of hydrogen-bond donors (Lipinski definition) is 1. The molecule has 2 aromatic rings. The van der Waals surface area contributed by atoms with Gasteiger partial charge in [0.25, 0.3) is 0 Å². The largest absolute Gasteiger partial charge is 0.273 e. The van der Waals surface area contributed by atoms with Gasteiger partial charge in [0.2, 0.25) is 5.91 Å². The Balaban J connectivity index is 1.71. The Morgan fingerprint density at radius 3 is 2.46 bits per heavy atom. The number of benzene rings is 2. The molecule has 0 aromatic heterocycles. The maximum atomic E-state index is 13.4. The molecule has 2 aromatic carbocycles. The summed E-state index contributed by atoms with van der Waals surface area (Å²) >= 11 is 0. The van der Waals surface area contributed by atoms with Gasteiger partial charge in [-0.15, -0.1) is 0 Å². The second-order valence-corrected chi connectivity index (χ2v) is 7.89. The van der Waals surface area contributed by atoms with E-state index in [4.69, 9.17) is 10.8 Å². The van der Waals surface area contributed by atoms with E-state index in [9.17, 15) is 4.79 Å². The van der Waals surface area contributed by atoms with E-state index in [1.807, 2.05) is 30.3 Å². The van der Waals surface area contributed by atoms with Gasteiger partial charge in [0.15, 0.2) is 5.84 Å². The molecule has 1 spiro atoms. The predicted octanol–water partition coefficient (Wildman–Crippen LogP) is 3.62. The summed E-state index contributed by atoms with van der Waals surface area (Å²) in [4.78, 5) is 18.5. The number of carbonyl (C=O) groups is 1. The zero-order valence-electron chi connectivity index (χ0n) is 14.8. The van der Waals surface area contributed by atoms with Crippen LogP contribution in [0.25, 0.3) is 0 Å². The van der Waals surface area contributed by atoms with E-state index in [0.717, 1.165) is 24.8 Å². The van der Waals surface area contributed by atoms with Crippen LogP contribution >= 0.6 is 0 Å². The van der Waals surface area contributed by atoms with Crippen LogP contribution in [0.15, 0.2) is 59.6 Å². The maximum absolute atomic E-state index is 13.4. The van der Waals surface area contributed by atoms with Crippen molar-refractivity contribution in [3.63, 3.8) is 0 Å². The molecule has 0 bridgehead atoms. The standard InChI is InChI=1S/C22H23N3O/c23-25-20(15-8-2-1-3-9-15)24-19-17-11-5-4-10-16(17)14-22(12-6-7-13-22)18(19)21(25)26/h1-5,8-11,18-19H,6-7,12-14,23H2/t18-,19-/m1/s1. The molecule has 0 radical (unpaired) electrons. The highest BCUT2D eigenvalue weighted by atomic mass is 16.2. The number of amides is 1. The SMILES string of the molecule is NN1C(=O)[C@H]2[C@H](N=C1c1ccccc1)c1ccccc1CC21CCCC1. The van der Waals surface area contributed by atoms with Crippen molar-refractivity contribution in [2.75, 3.05) is 0 Å². The Labute approximate surface area is 153 Å². The van der Waals surface area contributed by atoms with Crippen LogP contribution in [0.3, 0.4) is 0 Å². The quantitative estimate of drug-likeness (QED) is 0.634. The van der Waals surface area contributed by atoms with Crippen LogP contribution in [-0.2, 0) is 11.2 Å². The van der Waals surface area contributed by atoms with Gasteiger partial charge in [-0.05, 0) is 35.8 Å². The summed E-state index contributed by atoms with van der Waals surface area (Å²) in [6.45, 7) is 0. The summed E-state index contributed by atoms with van der Waals surface area (Å²) in [6, 6.07) is 18.2. The second-order valence-electron chi connectivity index (χ2n) is 7.89. The van der Waals surface area contributed by atoms with Gasteiger partial charge in [-0.3, -0.25) is 9.79 Å². The van der Waals surface area contributed by atoms with Crippen LogP contribution in [0.4, 0.5) is 0 Å². The number of fused-ring (bicyclic) bond motifs is 4. The molecule has 4 nitrogen and oxygen atoms in total. The van der Waals surface area contributed by atoms with Crippen molar-refractivity contribution in [3.05, 3.63) is 71.3 Å². The van der Waals surface area contributed by atoms with Crippen molar-refractivity contribution in [2.45, 2.75) is 38.1 Å². The highest BCUT2D eigenvalue weighted by Gasteiger charge is 2.55. The fraction of sp³-hybridized carbons (Fsp3) is 0.364. The summed E-state index contributed by atoms with van der Waals surface area (Å²) in [6.07, 6.45) is 5.55. The van der Waals surface area contributed by atoms with E-state index < -0.39 is 0 Å². The third kappa shape index (κ3) is 2.18. The molecule has 2 N–H and O–H groups in total. The first kappa shape index (κ1) is 15.8. The molecule has 5 rings (SSSR count). The first-order valence-corrected chi connectivity index (χ1v) is 9.49. The van der Waals surface area contributed by atoms with Crippen LogP contribution < -0.4 is 5.84 Å². The van der Waals surface area contributed by atoms with E-state index in [1.165, 1.54) is 29.0 Å². The Bertz CT molecular complexity index is 883. The van der Waals surface area contributed by atoms with Crippen molar-refractivity contribution < 1.29 is 4.79 Å². The number of aliphatic imine (C=N–C) groups is 1. The number of rotatable bonds is 1.